The Labute approximate surface area is 163 Å². The molecule has 2 aromatic rings. The van der Waals surface area contributed by atoms with E-state index in [2.05, 4.69) is 17.9 Å². The van der Waals surface area contributed by atoms with Crippen LogP contribution in [0.1, 0.15) is 48.7 Å². The molecule has 1 aromatic heterocycles. The summed E-state index contributed by atoms with van der Waals surface area (Å²) < 4.78 is 13.7. The largest absolute Gasteiger partial charge is 0.466 e. The average Bonchev–Trinajstić information content (AvgIpc) is 3.22. The number of carbonyl (C=O) groups excluding carboxylic acids is 2. The first-order valence-corrected chi connectivity index (χ1v) is 10.3. The first kappa shape index (κ1) is 16.7. The van der Waals surface area contributed by atoms with Gasteiger partial charge in [0.05, 0.1) is 18.3 Å². The minimum atomic E-state index is -1.56. The molecule has 2 saturated heterocycles. The Morgan fingerprint density at radius 2 is 2.11 bits per heavy atom. The summed E-state index contributed by atoms with van der Waals surface area (Å²) in [5.74, 6) is -0.851. The number of benzene rings is 1. The van der Waals surface area contributed by atoms with Crippen molar-refractivity contribution in [2.24, 2.45) is 5.41 Å². The van der Waals surface area contributed by atoms with Crippen molar-refractivity contribution in [2.45, 2.75) is 50.4 Å². The molecule has 0 unspecified atom stereocenters. The highest BCUT2D eigenvalue weighted by Gasteiger charge is 2.78. The summed E-state index contributed by atoms with van der Waals surface area (Å²) in [7, 11) is 1.35. The van der Waals surface area contributed by atoms with Gasteiger partial charge in [0.15, 0.2) is 5.72 Å². The average molecular weight is 380 g/mol. The molecule has 0 aliphatic carbocycles. The molecule has 146 valence electrons. The smallest absolute Gasteiger partial charge is 0.348 e. The number of esters is 1. The lowest BCUT2D eigenvalue weighted by molar-refractivity contribution is -0.250. The molecule has 0 N–H and O–H groups in total. The zero-order chi connectivity index (χ0) is 19.3. The van der Waals surface area contributed by atoms with Gasteiger partial charge in [-0.25, -0.2) is 4.79 Å². The first-order chi connectivity index (χ1) is 13.5. The second-order valence-electron chi connectivity index (χ2n) is 8.70. The number of aromatic nitrogens is 1. The van der Waals surface area contributed by atoms with Crippen LogP contribution in [0, 0.1) is 5.41 Å². The number of nitrogens with zero attached hydrogens (tertiary/aromatic N) is 2. The summed E-state index contributed by atoms with van der Waals surface area (Å²) in [5.41, 5.74) is 0.509. The molecule has 0 radical (unpaired) electrons. The van der Waals surface area contributed by atoms with Crippen LogP contribution in [-0.4, -0.2) is 47.1 Å². The summed E-state index contributed by atoms with van der Waals surface area (Å²) in [4.78, 5) is 29.3. The Balaban J connectivity index is 1.79. The van der Waals surface area contributed by atoms with Gasteiger partial charge in [0.25, 0.3) is 5.91 Å². The van der Waals surface area contributed by atoms with E-state index in [-0.39, 0.29) is 11.3 Å². The number of para-hydroxylation sites is 1. The molecule has 0 saturated carbocycles. The van der Waals surface area contributed by atoms with E-state index in [0.717, 1.165) is 55.4 Å². The number of piperidine rings is 1. The predicted molar refractivity (Wildman–Crippen MR) is 102 cm³/mol. The van der Waals surface area contributed by atoms with E-state index in [9.17, 15) is 9.59 Å². The van der Waals surface area contributed by atoms with Crippen LogP contribution in [0.4, 0.5) is 0 Å². The maximum Gasteiger partial charge on any atom is 0.348 e. The second kappa shape index (κ2) is 5.05. The van der Waals surface area contributed by atoms with E-state index in [4.69, 9.17) is 9.47 Å². The highest BCUT2D eigenvalue weighted by atomic mass is 16.6. The predicted octanol–water partition coefficient (Wildman–Crippen LogP) is 2.83. The van der Waals surface area contributed by atoms with Gasteiger partial charge in [0.2, 0.25) is 5.60 Å². The van der Waals surface area contributed by atoms with Crippen molar-refractivity contribution in [3.63, 3.8) is 0 Å². The normalized spacial score (nSPS) is 35.9. The van der Waals surface area contributed by atoms with E-state index >= 15 is 0 Å². The Hall–Kier alpha value is -2.18. The monoisotopic (exact) mass is 380 g/mol. The number of fused-ring (bicyclic) bond motifs is 4. The first-order valence-electron chi connectivity index (χ1n) is 10.3. The van der Waals surface area contributed by atoms with Gasteiger partial charge in [-0.2, -0.15) is 0 Å². The van der Waals surface area contributed by atoms with Crippen LogP contribution in [0.2, 0.25) is 0 Å². The summed E-state index contributed by atoms with van der Waals surface area (Å²) in [6.45, 7) is 3.97. The van der Waals surface area contributed by atoms with Crippen LogP contribution in [0.3, 0.4) is 0 Å². The van der Waals surface area contributed by atoms with E-state index in [1.165, 1.54) is 12.7 Å². The van der Waals surface area contributed by atoms with Crippen molar-refractivity contribution in [1.82, 2.24) is 9.47 Å². The maximum absolute atomic E-state index is 13.9. The van der Waals surface area contributed by atoms with Gasteiger partial charge in [0, 0.05) is 30.3 Å². The van der Waals surface area contributed by atoms with Crippen LogP contribution in [0.25, 0.3) is 10.9 Å². The van der Waals surface area contributed by atoms with Crippen molar-refractivity contribution in [3.05, 3.63) is 35.5 Å². The molecule has 28 heavy (non-hydrogen) atoms. The highest BCUT2D eigenvalue weighted by Crippen LogP contribution is 2.68. The molecule has 1 spiro atoms. The molecule has 6 rings (SSSR count). The van der Waals surface area contributed by atoms with Crippen molar-refractivity contribution < 1.29 is 19.1 Å². The molecular formula is C22H24N2O4. The summed E-state index contributed by atoms with van der Waals surface area (Å²) in [5, 5.41) is 1.10. The quantitative estimate of drug-likeness (QED) is 0.592. The van der Waals surface area contributed by atoms with Crippen molar-refractivity contribution in [3.8, 4) is 0 Å². The van der Waals surface area contributed by atoms with Crippen molar-refractivity contribution in [2.75, 3.05) is 20.2 Å². The third-order valence-corrected chi connectivity index (χ3v) is 7.83. The molecule has 6 nitrogen and oxygen atoms in total. The molecular weight excluding hydrogens is 356 g/mol. The lowest BCUT2D eigenvalue weighted by Gasteiger charge is -2.57. The van der Waals surface area contributed by atoms with Gasteiger partial charge < -0.3 is 9.47 Å². The lowest BCUT2D eigenvalue weighted by atomic mass is 9.64. The molecule has 4 aliphatic heterocycles. The number of ether oxygens (including phenoxy) is 2. The summed E-state index contributed by atoms with van der Waals surface area (Å²) >= 11 is 0. The van der Waals surface area contributed by atoms with Gasteiger partial charge in [-0.3, -0.25) is 14.3 Å². The molecule has 2 bridgehead atoms. The Kier molecular flexibility index (Phi) is 3.02. The Morgan fingerprint density at radius 3 is 2.89 bits per heavy atom. The fraction of sp³-hybridized carbons (Fsp3) is 0.545. The van der Waals surface area contributed by atoms with E-state index < -0.39 is 17.3 Å². The number of carbonyl (C=O) groups is 2. The Bertz CT molecular complexity index is 1060. The fourth-order valence-corrected chi connectivity index (χ4v) is 6.72. The van der Waals surface area contributed by atoms with E-state index in [1.807, 2.05) is 18.2 Å². The zero-order valence-electron chi connectivity index (χ0n) is 16.3. The van der Waals surface area contributed by atoms with E-state index in [0.29, 0.717) is 6.42 Å². The molecule has 4 aliphatic rings. The lowest BCUT2D eigenvalue weighted by Crippen LogP contribution is -2.65. The van der Waals surface area contributed by atoms with Crippen LogP contribution >= 0.6 is 0 Å². The molecule has 2 fully saturated rings. The number of hydrogen-bond acceptors (Lipinski definition) is 5. The number of rotatable bonds is 2. The minimum Gasteiger partial charge on any atom is -0.466 e. The molecule has 6 heteroatoms. The van der Waals surface area contributed by atoms with Gasteiger partial charge in [-0.15, -0.1) is 0 Å². The summed E-state index contributed by atoms with van der Waals surface area (Å²) in [6, 6.07) is 8.04. The fourth-order valence-electron chi connectivity index (χ4n) is 6.72. The topological polar surface area (TPSA) is 60.8 Å². The SMILES string of the molecule is CC[C@]12CCCN3CCc4c5n(c6ccccc46)C(=O)[C@@](C(=O)OC)(C1)O[C@@]532. The zero-order valence-corrected chi connectivity index (χ0v) is 16.3. The van der Waals surface area contributed by atoms with Crippen LogP contribution in [0.5, 0.6) is 0 Å². The van der Waals surface area contributed by atoms with Crippen molar-refractivity contribution in [1.29, 1.82) is 0 Å². The number of methoxy groups -OCH3 is 1. The second-order valence-corrected chi connectivity index (χ2v) is 8.70. The molecule has 5 heterocycles. The third-order valence-electron chi connectivity index (χ3n) is 7.83. The summed E-state index contributed by atoms with van der Waals surface area (Å²) in [6.07, 6.45) is 4.16. The third kappa shape index (κ3) is 1.50. The van der Waals surface area contributed by atoms with E-state index in [1.54, 1.807) is 4.57 Å². The van der Waals surface area contributed by atoms with Crippen LogP contribution < -0.4 is 0 Å². The highest BCUT2D eigenvalue weighted by molar-refractivity contribution is 6.12. The van der Waals surface area contributed by atoms with Crippen molar-refractivity contribution >= 4 is 22.8 Å². The van der Waals surface area contributed by atoms with Gasteiger partial charge in [-0.1, -0.05) is 25.1 Å². The number of hydrogen-bond donors (Lipinski definition) is 0. The van der Waals surface area contributed by atoms with Crippen LogP contribution in [-0.2, 0) is 26.4 Å². The standard InChI is InChI=1S/C22H24N2O4/c1-3-20-10-6-11-23-12-9-15-14-7-4-5-8-16(14)24-17(15)22(20,23)28-21(13-20,18(24)25)19(26)27-2/h4-5,7-8H,3,6,9-13H2,1-2H3/t20-,21+,22+/m0/s1. The molecule has 0 amide bonds. The molecule has 3 atom stereocenters. The molecule has 1 aromatic carbocycles. The van der Waals surface area contributed by atoms with Gasteiger partial charge in [-0.05, 0) is 37.3 Å². The van der Waals surface area contributed by atoms with Gasteiger partial charge in [0.1, 0.15) is 0 Å². The minimum absolute atomic E-state index is 0.271. The maximum atomic E-state index is 13.9. The Morgan fingerprint density at radius 1 is 1.29 bits per heavy atom. The van der Waals surface area contributed by atoms with Crippen LogP contribution in [0.15, 0.2) is 24.3 Å². The van der Waals surface area contributed by atoms with Gasteiger partial charge >= 0.3 is 5.97 Å².